The lowest BCUT2D eigenvalue weighted by atomic mass is 10.7. The predicted octanol–water partition coefficient (Wildman–Crippen LogP) is 0.375. The van der Waals surface area contributed by atoms with E-state index in [1.165, 1.54) is 0 Å². The van der Waals surface area contributed by atoms with E-state index in [1.54, 1.807) is 20.8 Å². The molecule has 14 heavy (non-hydrogen) atoms. The Morgan fingerprint density at radius 2 is 1.50 bits per heavy atom. The highest BCUT2D eigenvalue weighted by molar-refractivity contribution is 5.71. The number of urea groups is 1. The maximum Gasteiger partial charge on any atom is 0.378 e. The van der Waals surface area contributed by atoms with E-state index in [4.69, 9.17) is 19.9 Å². The molecule has 0 saturated carbocycles. The van der Waals surface area contributed by atoms with E-state index < -0.39 is 12.1 Å². The first-order valence-corrected chi connectivity index (χ1v) is 4.59. The number of hydrogen-bond acceptors (Lipinski definition) is 4. The maximum absolute atomic E-state index is 10.7. The molecule has 0 aliphatic rings. The summed E-state index contributed by atoms with van der Waals surface area (Å²) in [6.07, 6.45) is -1.55. The third kappa shape index (κ3) is 4.40. The highest BCUT2D eigenvalue weighted by atomic mass is 16.9. The van der Waals surface area contributed by atoms with Crippen molar-refractivity contribution in [1.82, 2.24) is 5.32 Å². The molecule has 0 fully saturated rings. The maximum atomic E-state index is 10.7. The Bertz CT molecular complexity index is 158. The molecule has 0 rings (SSSR count). The predicted molar refractivity (Wildman–Crippen MR) is 50.3 cm³/mol. The second-order valence-electron chi connectivity index (χ2n) is 2.34. The molecule has 0 aromatic heterocycles. The second-order valence-corrected chi connectivity index (χ2v) is 2.34. The quantitative estimate of drug-likeness (QED) is 0.590. The average molecular weight is 206 g/mol. The summed E-state index contributed by atoms with van der Waals surface area (Å²) in [5.41, 5.74) is 4.98. The fraction of sp³-hybridized carbons (Fsp3) is 0.875. The summed E-state index contributed by atoms with van der Waals surface area (Å²) in [4.78, 5) is 10.7. The van der Waals surface area contributed by atoms with E-state index in [-0.39, 0.29) is 0 Å². The second kappa shape index (κ2) is 6.58. The molecule has 0 saturated heterocycles. The lowest BCUT2D eigenvalue weighted by Gasteiger charge is -2.31. The minimum atomic E-state index is -1.55. The summed E-state index contributed by atoms with van der Waals surface area (Å²) in [6.45, 7) is 6.28. The number of nitrogens with two attached hydrogens (primary N) is 1. The van der Waals surface area contributed by atoms with Crippen LogP contribution in [0.4, 0.5) is 4.79 Å². The van der Waals surface area contributed by atoms with Gasteiger partial charge in [-0.15, -0.1) is 0 Å². The summed E-state index contributed by atoms with van der Waals surface area (Å²) >= 11 is 0. The Morgan fingerprint density at radius 3 is 1.71 bits per heavy atom. The Morgan fingerprint density at radius 1 is 1.14 bits per heavy atom. The van der Waals surface area contributed by atoms with Crippen molar-refractivity contribution in [3.8, 4) is 0 Å². The summed E-state index contributed by atoms with van der Waals surface area (Å²) < 4.78 is 15.5. The molecular weight excluding hydrogens is 188 g/mol. The molecular formula is C8H18N2O4. The van der Waals surface area contributed by atoms with Crippen molar-refractivity contribution in [2.24, 2.45) is 5.73 Å². The molecule has 0 aromatic rings. The highest BCUT2D eigenvalue weighted by Crippen LogP contribution is 2.11. The van der Waals surface area contributed by atoms with Crippen LogP contribution in [0, 0.1) is 0 Å². The largest absolute Gasteiger partial charge is 0.378 e. The van der Waals surface area contributed by atoms with Gasteiger partial charge in [-0.05, 0) is 20.8 Å². The summed E-state index contributed by atoms with van der Waals surface area (Å²) in [5.74, 6) is 0. The topological polar surface area (TPSA) is 82.8 Å². The first kappa shape index (κ1) is 13.2. The zero-order valence-corrected chi connectivity index (χ0v) is 8.83. The lowest BCUT2D eigenvalue weighted by molar-refractivity contribution is -0.386. The zero-order valence-electron chi connectivity index (χ0n) is 8.83. The van der Waals surface area contributed by atoms with Gasteiger partial charge in [0.15, 0.2) is 0 Å². The molecule has 2 amide bonds. The number of carbonyl (C=O) groups excluding carboxylic acids is 1. The van der Waals surface area contributed by atoms with E-state index in [9.17, 15) is 4.79 Å². The van der Waals surface area contributed by atoms with Crippen LogP contribution in [0.5, 0.6) is 0 Å². The molecule has 6 heteroatoms. The highest BCUT2D eigenvalue weighted by Gasteiger charge is 2.34. The molecule has 0 aromatic carbocycles. The summed E-state index contributed by atoms with van der Waals surface area (Å²) in [7, 11) is 0. The van der Waals surface area contributed by atoms with Gasteiger partial charge in [0.25, 0.3) is 0 Å². The number of ether oxygens (including phenoxy) is 3. The standard InChI is InChI=1S/C8H18N2O4/c1-4-12-8(13-5-2,14-6-3)10-7(9)11/h4-6H2,1-3H3,(H3,9,10,11). The number of rotatable bonds is 7. The van der Waals surface area contributed by atoms with Crippen molar-refractivity contribution in [1.29, 1.82) is 0 Å². The molecule has 84 valence electrons. The van der Waals surface area contributed by atoms with E-state index in [0.29, 0.717) is 19.8 Å². The smallest absolute Gasteiger partial charge is 0.351 e. The minimum Gasteiger partial charge on any atom is -0.351 e. The van der Waals surface area contributed by atoms with Crippen LogP contribution in [0.3, 0.4) is 0 Å². The van der Waals surface area contributed by atoms with Crippen molar-refractivity contribution in [3.05, 3.63) is 0 Å². The SMILES string of the molecule is CCOC(NC(N)=O)(OCC)OCC. The van der Waals surface area contributed by atoms with Crippen molar-refractivity contribution >= 4 is 6.03 Å². The van der Waals surface area contributed by atoms with Crippen LogP contribution in [0.25, 0.3) is 0 Å². The Balaban J connectivity index is 4.45. The fourth-order valence-corrected chi connectivity index (χ4v) is 0.954. The van der Waals surface area contributed by atoms with Crippen molar-refractivity contribution in [3.63, 3.8) is 0 Å². The average Bonchev–Trinajstić information content (AvgIpc) is 2.03. The number of hydrogen-bond donors (Lipinski definition) is 2. The molecule has 0 bridgehead atoms. The van der Waals surface area contributed by atoms with Gasteiger partial charge in [0, 0.05) is 0 Å². The summed E-state index contributed by atoms with van der Waals surface area (Å²) in [5, 5.41) is 2.27. The van der Waals surface area contributed by atoms with Gasteiger partial charge in [-0.3, -0.25) is 5.32 Å². The van der Waals surface area contributed by atoms with Crippen LogP contribution in [0.2, 0.25) is 0 Å². The van der Waals surface area contributed by atoms with E-state index in [1.807, 2.05) is 0 Å². The van der Waals surface area contributed by atoms with Gasteiger partial charge < -0.3 is 19.9 Å². The van der Waals surface area contributed by atoms with Gasteiger partial charge in [0.2, 0.25) is 0 Å². The Labute approximate surface area is 83.7 Å². The minimum absolute atomic E-state index is 0.334. The molecule has 3 N–H and O–H groups in total. The van der Waals surface area contributed by atoms with Crippen LogP contribution in [0.15, 0.2) is 0 Å². The molecule has 0 spiro atoms. The van der Waals surface area contributed by atoms with Gasteiger partial charge in [0.05, 0.1) is 19.8 Å². The molecule has 0 radical (unpaired) electrons. The van der Waals surface area contributed by atoms with E-state index in [2.05, 4.69) is 5.32 Å². The van der Waals surface area contributed by atoms with Crippen molar-refractivity contribution in [2.45, 2.75) is 26.9 Å². The third-order valence-electron chi connectivity index (χ3n) is 1.28. The van der Waals surface area contributed by atoms with Crippen molar-refractivity contribution in [2.75, 3.05) is 19.8 Å². The summed E-state index contributed by atoms with van der Waals surface area (Å²) in [6, 6.07) is -0.764. The van der Waals surface area contributed by atoms with Crippen LogP contribution >= 0.6 is 0 Å². The van der Waals surface area contributed by atoms with Crippen LogP contribution in [-0.2, 0) is 14.2 Å². The van der Waals surface area contributed by atoms with Gasteiger partial charge in [0.1, 0.15) is 0 Å². The Hall–Kier alpha value is -0.850. The first-order chi connectivity index (χ1) is 6.60. The molecule has 0 aliphatic heterocycles. The molecule has 0 atom stereocenters. The molecule has 6 nitrogen and oxygen atoms in total. The Kier molecular flexibility index (Phi) is 6.18. The van der Waals surface area contributed by atoms with E-state index >= 15 is 0 Å². The van der Waals surface area contributed by atoms with Gasteiger partial charge in [-0.25, -0.2) is 4.79 Å². The normalized spacial score (nSPS) is 11.4. The van der Waals surface area contributed by atoms with Gasteiger partial charge >= 0.3 is 12.1 Å². The van der Waals surface area contributed by atoms with Crippen LogP contribution in [0.1, 0.15) is 20.8 Å². The molecule has 0 unspecified atom stereocenters. The number of nitrogens with one attached hydrogen (secondary N) is 1. The number of carbonyl (C=O) groups is 1. The van der Waals surface area contributed by atoms with Crippen LogP contribution in [-0.4, -0.2) is 31.9 Å². The third-order valence-corrected chi connectivity index (χ3v) is 1.28. The van der Waals surface area contributed by atoms with Crippen molar-refractivity contribution < 1.29 is 19.0 Å². The number of amides is 2. The number of primary amides is 1. The molecule has 0 aliphatic carbocycles. The van der Waals surface area contributed by atoms with Gasteiger partial charge in [-0.1, -0.05) is 0 Å². The lowest BCUT2D eigenvalue weighted by Crippen LogP contribution is -2.56. The fourth-order valence-electron chi connectivity index (χ4n) is 0.954. The van der Waals surface area contributed by atoms with Gasteiger partial charge in [-0.2, -0.15) is 0 Å². The van der Waals surface area contributed by atoms with E-state index in [0.717, 1.165) is 0 Å². The first-order valence-electron chi connectivity index (χ1n) is 4.59. The van der Waals surface area contributed by atoms with Crippen LogP contribution < -0.4 is 11.1 Å². The molecule has 0 heterocycles. The zero-order chi connectivity index (χ0) is 11.0. The monoisotopic (exact) mass is 206 g/mol.